The third-order valence-corrected chi connectivity index (χ3v) is 7.66. The molecule has 0 bridgehead atoms. The average molecular weight is 556 g/mol. The highest BCUT2D eigenvalue weighted by Crippen LogP contribution is 2.45. The van der Waals surface area contributed by atoms with Crippen molar-refractivity contribution in [3.63, 3.8) is 0 Å². The largest absolute Gasteiger partial charge is 0.456 e. The summed E-state index contributed by atoms with van der Waals surface area (Å²) in [6, 6.07) is 35.9. The van der Waals surface area contributed by atoms with Gasteiger partial charge in [-0.1, -0.05) is 60.7 Å². The van der Waals surface area contributed by atoms with Crippen molar-refractivity contribution in [1.29, 1.82) is 0 Å². The second-order valence-electron chi connectivity index (χ2n) is 10.1. The van der Waals surface area contributed by atoms with Crippen molar-refractivity contribution in [2.75, 3.05) is 4.90 Å². The van der Waals surface area contributed by atoms with E-state index in [2.05, 4.69) is 0 Å². The summed E-state index contributed by atoms with van der Waals surface area (Å²) in [6.45, 7) is 0. The van der Waals surface area contributed by atoms with Gasteiger partial charge in [0.15, 0.2) is 5.58 Å². The molecule has 2 heterocycles. The van der Waals surface area contributed by atoms with Gasteiger partial charge in [0.25, 0.3) is 0 Å². The number of para-hydroxylation sites is 3. The van der Waals surface area contributed by atoms with Crippen LogP contribution in [0.5, 0.6) is 0 Å². The molecule has 6 heteroatoms. The maximum Gasteiger partial charge on any atom is 0.159 e. The Bertz CT molecular complexity index is 2260. The minimum atomic E-state index is -0.958. The van der Waals surface area contributed by atoms with Crippen LogP contribution in [0.15, 0.2) is 130 Å². The Morgan fingerprint density at radius 2 is 1.17 bits per heavy atom. The molecule has 0 radical (unpaired) electrons. The summed E-state index contributed by atoms with van der Waals surface area (Å²) in [5, 5.41) is 3.82. The fraction of sp³-hybridized carbons (Fsp3) is 0. The number of fused-ring (bicyclic) bond motifs is 7. The van der Waals surface area contributed by atoms with E-state index in [9.17, 15) is 13.2 Å². The number of anilines is 3. The van der Waals surface area contributed by atoms with Gasteiger partial charge in [-0.15, -0.1) is 0 Å². The summed E-state index contributed by atoms with van der Waals surface area (Å²) in [6.07, 6.45) is 0. The SMILES string of the molecule is Fc1cc(F)c(-c2ccc(N(c3ccccc3)c3cccc4c3oc3c4ccc4oc5ccccc5c43)cc2)c(F)c1. The lowest BCUT2D eigenvalue weighted by atomic mass is 10.0. The summed E-state index contributed by atoms with van der Waals surface area (Å²) in [7, 11) is 0. The van der Waals surface area contributed by atoms with Crippen molar-refractivity contribution in [1.82, 2.24) is 0 Å². The van der Waals surface area contributed by atoms with Crippen molar-refractivity contribution < 1.29 is 22.0 Å². The standard InChI is InChI=1S/C36H20F3NO2/c37-22-19-28(38)33(29(39)20-22)21-13-15-24(16-14-21)40(23-7-2-1-3-8-23)30-11-6-10-25-26-17-18-32-34(36(26)42-35(25)30)27-9-4-5-12-31(27)41-32/h1-20H. The first-order valence-electron chi connectivity index (χ1n) is 13.4. The lowest BCUT2D eigenvalue weighted by molar-refractivity contribution is 0.548. The minimum absolute atomic E-state index is 0.273. The third-order valence-electron chi connectivity index (χ3n) is 7.66. The van der Waals surface area contributed by atoms with Crippen LogP contribution in [-0.2, 0) is 0 Å². The van der Waals surface area contributed by atoms with E-state index in [1.165, 1.54) is 0 Å². The van der Waals surface area contributed by atoms with E-state index in [1.54, 1.807) is 24.3 Å². The molecule has 0 saturated carbocycles. The van der Waals surface area contributed by atoms with Crippen molar-refractivity contribution in [2.24, 2.45) is 0 Å². The molecule has 0 fully saturated rings. The van der Waals surface area contributed by atoms with Crippen molar-refractivity contribution in [2.45, 2.75) is 0 Å². The van der Waals surface area contributed by atoms with E-state index < -0.39 is 17.5 Å². The molecule has 0 N–H and O–H groups in total. The summed E-state index contributed by atoms with van der Waals surface area (Å²) >= 11 is 0. The highest BCUT2D eigenvalue weighted by atomic mass is 19.1. The van der Waals surface area contributed by atoms with Crippen LogP contribution in [-0.4, -0.2) is 0 Å². The topological polar surface area (TPSA) is 29.5 Å². The molecule has 0 aliphatic rings. The molecule has 0 aliphatic carbocycles. The number of rotatable bonds is 4. The van der Waals surface area contributed by atoms with Gasteiger partial charge in [0, 0.05) is 39.7 Å². The zero-order valence-electron chi connectivity index (χ0n) is 21.9. The van der Waals surface area contributed by atoms with Crippen molar-refractivity contribution >= 4 is 60.9 Å². The molecule has 2 aromatic heterocycles. The normalized spacial score (nSPS) is 11.7. The Morgan fingerprint density at radius 1 is 0.500 bits per heavy atom. The Labute approximate surface area is 237 Å². The first-order valence-corrected chi connectivity index (χ1v) is 13.4. The van der Waals surface area contributed by atoms with Crippen LogP contribution < -0.4 is 4.90 Å². The molecule has 0 atom stereocenters. The van der Waals surface area contributed by atoms with Gasteiger partial charge >= 0.3 is 0 Å². The molecule has 0 amide bonds. The molecule has 8 rings (SSSR count). The fourth-order valence-electron chi connectivity index (χ4n) is 5.83. The third kappa shape index (κ3) is 3.69. The van der Waals surface area contributed by atoms with Crippen LogP contribution in [0.2, 0.25) is 0 Å². The molecule has 6 aromatic carbocycles. The minimum Gasteiger partial charge on any atom is -0.456 e. The first-order chi connectivity index (χ1) is 20.6. The number of hydrogen-bond donors (Lipinski definition) is 0. The smallest absolute Gasteiger partial charge is 0.159 e. The molecule has 8 aromatic rings. The van der Waals surface area contributed by atoms with Gasteiger partial charge in [-0.2, -0.15) is 0 Å². The van der Waals surface area contributed by atoms with Gasteiger partial charge in [0.2, 0.25) is 0 Å². The maximum atomic E-state index is 14.5. The van der Waals surface area contributed by atoms with Gasteiger partial charge in [0.1, 0.15) is 34.2 Å². The van der Waals surface area contributed by atoms with Crippen LogP contribution in [0, 0.1) is 17.5 Å². The molecule has 3 nitrogen and oxygen atoms in total. The molecule has 0 unspecified atom stereocenters. The van der Waals surface area contributed by atoms with Crippen LogP contribution in [0.3, 0.4) is 0 Å². The molecule has 0 saturated heterocycles. The van der Waals surface area contributed by atoms with Crippen LogP contribution in [0.1, 0.15) is 0 Å². The predicted molar refractivity (Wildman–Crippen MR) is 161 cm³/mol. The highest BCUT2D eigenvalue weighted by molar-refractivity contribution is 6.23. The van der Waals surface area contributed by atoms with Gasteiger partial charge in [-0.25, -0.2) is 13.2 Å². The zero-order chi connectivity index (χ0) is 28.4. The van der Waals surface area contributed by atoms with Crippen LogP contribution >= 0.6 is 0 Å². The number of hydrogen-bond acceptors (Lipinski definition) is 3. The Hall–Kier alpha value is -5.49. The summed E-state index contributed by atoms with van der Waals surface area (Å²) in [5.74, 6) is -2.86. The second kappa shape index (κ2) is 9.28. The van der Waals surface area contributed by atoms with Gasteiger partial charge in [0.05, 0.1) is 16.6 Å². The summed E-state index contributed by atoms with van der Waals surface area (Å²) < 4.78 is 55.4. The highest BCUT2D eigenvalue weighted by Gasteiger charge is 2.22. The van der Waals surface area contributed by atoms with Gasteiger partial charge in [-0.3, -0.25) is 0 Å². The van der Waals surface area contributed by atoms with Crippen molar-refractivity contribution in [3.8, 4) is 11.1 Å². The quantitative estimate of drug-likeness (QED) is 0.216. The predicted octanol–water partition coefficient (Wildman–Crippen LogP) is 11.0. The molecule has 0 aliphatic heterocycles. The number of furan rings is 2. The number of nitrogens with zero attached hydrogens (tertiary/aromatic N) is 1. The van der Waals surface area contributed by atoms with Crippen LogP contribution in [0.4, 0.5) is 30.2 Å². The monoisotopic (exact) mass is 555 g/mol. The van der Waals surface area contributed by atoms with E-state index in [0.29, 0.717) is 23.3 Å². The van der Waals surface area contributed by atoms with Crippen molar-refractivity contribution in [3.05, 3.63) is 139 Å². The molecule has 0 spiro atoms. The van der Waals surface area contributed by atoms with E-state index in [4.69, 9.17) is 8.83 Å². The average Bonchev–Trinajstić information content (AvgIpc) is 3.57. The Morgan fingerprint density at radius 3 is 1.95 bits per heavy atom. The second-order valence-corrected chi connectivity index (χ2v) is 10.1. The zero-order valence-corrected chi connectivity index (χ0v) is 21.9. The summed E-state index contributed by atoms with van der Waals surface area (Å²) in [4.78, 5) is 2.04. The van der Waals surface area contributed by atoms with Gasteiger partial charge < -0.3 is 13.7 Å². The first kappa shape index (κ1) is 24.3. The molecule has 202 valence electrons. The maximum absolute atomic E-state index is 14.5. The fourth-order valence-corrected chi connectivity index (χ4v) is 5.83. The van der Waals surface area contributed by atoms with Gasteiger partial charge in [-0.05, 0) is 54.1 Å². The molecular weight excluding hydrogens is 535 g/mol. The summed E-state index contributed by atoms with van der Waals surface area (Å²) in [5.41, 5.74) is 5.42. The van der Waals surface area contributed by atoms with E-state index in [-0.39, 0.29) is 5.56 Å². The lowest BCUT2D eigenvalue weighted by Gasteiger charge is -2.25. The Balaban J connectivity index is 1.34. The molecule has 42 heavy (non-hydrogen) atoms. The number of benzene rings is 6. The van der Waals surface area contributed by atoms with E-state index >= 15 is 0 Å². The van der Waals surface area contributed by atoms with E-state index in [0.717, 1.165) is 55.4 Å². The lowest BCUT2D eigenvalue weighted by Crippen LogP contribution is -2.10. The van der Waals surface area contributed by atoms with E-state index in [1.807, 2.05) is 89.8 Å². The number of halogens is 3. The Kier molecular flexibility index (Phi) is 5.37. The molecular formula is C36H20F3NO2. The van der Waals surface area contributed by atoms with Crippen LogP contribution in [0.25, 0.3) is 55.0 Å².